The zero-order valence-electron chi connectivity index (χ0n) is 14.6. The lowest BCUT2D eigenvalue weighted by Gasteiger charge is -2.12. The maximum Gasteiger partial charge on any atom is 0.267 e. The molecule has 0 aliphatic rings. The highest BCUT2D eigenvalue weighted by molar-refractivity contribution is 7.17. The smallest absolute Gasteiger partial charge is 0.267 e. The number of aromatic nitrogens is 4. The summed E-state index contributed by atoms with van der Waals surface area (Å²) in [5.41, 5.74) is 2.91. The number of ether oxygens (including phenoxy) is 1. The molecule has 0 bridgehead atoms. The van der Waals surface area contributed by atoms with Crippen molar-refractivity contribution in [3.8, 4) is 16.5 Å². The van der Waals surface area contributed by atoms with E-state index in [0.717, 1.165) is 10.9 Å². The minimum Gasteiger partial charge on any atom is -0.494 e. The summed E-state index contributed by atoms with van der Waals surface area (Å²) < 4.78 is 5.37. The van der Waals surface area contributed by atoms with Crippen LogP contribution in [0.3, 0.4) is 0 Å². The van der Waals surface area contributed by atoms with Gasteiger partial charge in [0, 0.05) is 24.0 Å². The van der Waals surface area contributed by atoms with Crippen LogP contribution >= 0.6 is 11.3 Å². The van der Waals surface area contributed by atoms with Crippen molar-refractivity contribution in [2.75, 3.05) is 12.4 Å². The zero-order valence-corrected chi connectivity index (χ0v) is 15.4. The summed E-state index contributed by atoms with van der Waals surface area (Å²) in [6.45, 7) is 1.90. The monoisotopic (exact) mass is 377 g/mol. The summed E-state index contributed by atoms with van der Waals surface area (Å²) in [6.07, 6.45) is 8.07. The summed E-state index contributed by atoms with van der Waals surface area (Å²) >= 11 is 1.27. The average Bonchev–Trinajstić information content (AvgIpc) is 3.20. The molecule has 3 heterocycles. The Morgan fingerprint density at radius 1 is 1.11 bits per heavy atom. The summed E-state index contributed by atoms with van der Waals surface area (Å²) in [4.78, 5) is 30.2. The number of carbonyl (C=O) groups is 1. The van der Waals surface area contributed by atoms with Crippen LogP contribution in [-0.4, -0.2) is 33.0 Å². The average molecular weight is 377 g/mol. The molecule has 134 valence electrons. The van der Waals surface area contributed by atoms with Crippen LogP contribution in [0, 0.1) is 6.92 Å². The van der Waals surface area contributed by atoms with Gasteiger partial charge < -0.3 is 10.1 Å². The van der Waals surface area contributed by atoms with Gasteiger partial charge in [-0.05, 0) is 18.6 Å². The van der Waals surface area contributed by atoms with Crippen molar-refractivity contribution in [2.45, 2.75) is 6.92 Å². The van der Waals surface area contributed by atoms with Gasteiger partial charge in [-0.25, -0.2) is 4.98 Å². The van der Waals surface area contributed by atoms with Crippen LogP contribution < -0.4 is 10.1 Å². The minimum atomic E-state index is -0.235. The van der Waals surface area contributed by atoms with E-state index in [1.54, 1.807) is 38.1 Å². The molecule has 1 N–H and O–H groups in total. The number of anilines is 1. The van der Waals surface area contributed by atoms with Gasteiger partial charge in [-0.1, -0.05) is 12.1 Å². The fourth-order valence-electron chi connectivity index (χ4n) is 2.71. The quantitative estimate of drug-likeness (QED) is 0.583. The number of para-hydroxylation sites is 1. The summed E-state index contributed by atoms with van der Waals surface area (Å²) in [5.74, 6) is 0.423. The molecular formula is C19H15N5O2S. The van der Waals surface area contributed by atoms with E-state index in [9.17, 15) is 4.79 Å². The van der Waals surface area contributed by atoms with Gasteiger partial charge in [-0.2, -0.15) is 0 Å². The lowest BCUT2D eigenvalue weighted by Crippen LogP contribution is -2.12. The third-order valence-electron chi connectivity index (χ3n) is 4.02. The zero-order chi connectivity index (χ0) is 18.8. The SMILES string of the molecule is COc1cccc2c(NC(=O)c3cnc(-c4cnccn4)s3)c(C)cnc12. The summed E-state index contributed by atoms with van der Waals surface area (Å²) in [5, 5.41) is 4.45. The van der Waals surface area contributed by atoms with Crippen LogP contribution in [0.4, 0.5) is 5.69 Å². The summed E-state index contributed by atoms with van der Waals surface area (Å²) in [6, 6.07) is 5.62. The number of hydrogen-bond donors (Lipinski definition) is 1. The lowest BCUT2D eigenvalue weighted by molar-refractivity contribution is 0.103. The molecule has 0 spiro atoms. The second-order valence-corrected chi connectivity index (χ2v) is 6.78. The number of pyridine rings is 1. The van der Waals surface area contributed by atoms with Crippen LogP contribution in [0.25, 0.3) is 21.6 Å². The van der Waals surface area contributed by atoms with Gasteiger partial charge in [-0.3, -0.25) is 19.7 Å². The Labute approximate surface area is 159 Å². The largest absolute Gasteiger partial charge is 0.494 e. The second kappa shape index (κ2) is 7.08. The minimum absolute atomic E-state index is 0.235. The molecule has 0 aliphatic carbocycles. The van der Waals surface area contributed by atoms with E-state index in [-0.39, 0.29) is 5.91 Å². The molecule has 4 rings (SSSR count). The van der Waals surface area contributed by atoms with Gasteiger partial charge >= 0.3 is 0 Å². The number of benzene rings is 1. The van der Waals surface area contributed by atoms with Gasteiger partial charge in [-0.15, -0.1) is 11.3 Å². The highest BCUT2D eigenvalue weighted by Gasteiger charge is 2.16. The molecule has 8 heteroatoms. The predicted octanol–water partition coefficient (Wildman–Crippen LogP) is 3.72. The number of rotatable bonds is 4. The van der Waals surface area contributed by atoms with Crippen LogP contribution in [0.5, 0.6) is 5.75 Å². The number of fused-ring (bicyclic) bond motifs is 1. The number of carbonyl (C=O) groups excluding carboxylic acids is 1. The third-order valence-corrected chi connectivity index (χ3v) is 5.04. The molecule has 0 saturated carbocycles. The Bertz CT molecular complexity index is 1130. The fourth-order valence-corrected chi connectivity index (χ4v) is 3.48. The van der Waals surface area contributed by atoms with E-state index in [2.05, 4.69) is 25.3 Å². The van der Waals surface area contributed by atoms with Crippen molar-refractivity contribution in [1.82, 2.24) is 19.9 Å². The number of methoxy groups -OCH3 is 1. The lowest BCUT2D eigenvalue weighted by atomic mass is 10.1. The Morgan fingerprint density at radius 2 is 2.00 bits per heavy atom. The van der Waals surface area contributed by atoms with Crippen molar-refractivity contribution < 1.29 is 9.53 Å². The molecule has 0 atom stereocenters. The van der Waals surface area contributed by atoms with E-state index >= 15 is 0 Å². The second-order valence-electron chi connectivity index (χ2n) is 5.75. The maximum atomic E-state index is 12.8. The third kappa shape index (κ3) is 3.22. The molecule has 7 nitrogen and oxygen atoms in total. The number of amides is 1. The molecule has 0 unspecified atom stereocenters. The molecule has 0 fully saturated rings. The highest BCUT2D eigenvalue weighted by Crippen LogP contribution is 2.32. The van der Waals surface area contributed by atoms with Crippen LogP contribution in [0.15, 0.2) is 49.2 Å². The van der Waals surface area contributed by atoms with E-state index in [1.807, 2.05) is 25.1 Å². The van der Waals surface area contributed by atoms with Gasteiger partial charge in [0.2, 0.25) is 0 Å². The van der Waals surface area contributed by atoms with E-state index in [1.165, 1.54) is 11.3 Å². The van der Waals surface area contributed by atoms with Gasteiger partial charge in [0.05, 0.1) is 25.2 Å². The number of nitrogens with one attached hydrogen (secondary N) is 1. The van der Waals surface area contributed by atoms with Crippen LogP contribution in [0.1, 0.15) is 15.2 Å². The normalized spacial score (nSPS) is 10.7. The molecule has 0 aliphatic heterocycles. The molecule has 27 heavy (non-hydrogen) atoms. The Balaban J connectivity index is 1.68. The molecule has 0 saturated heterocycles. The van der Waals surface area contributed by atoms with Gasteiger partial charge in [0.25, 0.3) is 5.91 Å². The first kappa shape index (κ1) is 17.0. The van der Waals surface area contributed by atoms with Crippen molar-refractivity contribution in [1.29, 1.82) is 0 Å². The molecular weight excluding hydrogens is 362 g/mol. The molecule has 4 aromatic rings. The Morgan fingerprint density at radius 3 is 2.78 bits per heavy atom. The summed E-state index contributed by atoms with van der Waals surface area (Å²) in [7, 11) is 1.60. The Kier molecular flexibility index (Phi) is 4.47. The first-order chi connectivity index (χ1) is 13.2. The number of hydrogen-bond acceptors (Lipinski definition) is 7. The van der Waals surface area contributed by atoms with Crippen molar-refractivity contribution in [3.05, 3.63) is 59.6 Å². The number of aryl methyl sites for hydroxylation is 1. The van der Waals surface area contributed by atoms with Crippen LogP contribution in [-0.2, 0) is 0 Å². The number of thiazole rings is 1. The molecule has 3 aromatic heterocycles. The standard InChI is InChI=1S/C19H15N5O2S/c1-11-8-22-17-12(4-3-5-14(17)26-2)16(11)24-18(25)15-10-23-19(27-15)13-9-20-6-7-21-13/h3-10H,1-2H3,(H,22,24,25). The topological polar surface area (TPSA) is 89.9 Å². The van der Waals surface area contributed by atoms with Crippen molar-refractivity contribution in [3.63, 3.8) is 0 Å². The van der Waals surface area contributed by atoms with Gasteiger partial charge in [0.1, 0.15) is 26.8 Å². The maximum absolute atomic E-state index is 12.8. The van der Waals surface area contributed by atoms with Gasteiger partial charge in [0.15, 0.2) is 0 Å². The highest BCUT2D eigenvalue weighted by atomic mass is 32.1. The van der Waals surface area contributed by atoms with E-state index in [4.69, 9.17) is 4.74 Å². The first-order valence-electron chi connectivity index (χ1n) is 8.13. The van der Waals surface area contributed by atoms with E-state index < -0.39 is 0 Å². The van der Waals surface area contributed by atoms with Crippen LogP contribution in [0.2, 0.25) is 0 Å². The Hall–Kier alpha value is -3.39. The van der Waals surface area contributed by atoms with Crippen molar-refractivity contribution >= 4 is 33.8 Å². The van der Waals surface area contributed by atoms with Crippen molar-refractivity contribution in [2.24, 2.45) is 0 Å². The molecule has 1 aromatic carbocycles. The fraction of sp³-hybridized carbons (Fsp3) is 0.105. The molecule has 0 radical (unpaired) electrons. The number of nitrogens with zero attached hydrogens (tertiary/aromatic N) is 4. The molecule has 1 amide bonds. The first-order valence-corrected chi connectivity index (χ1v) is 8.95. The van der Waals surface area contributed by atoms with E-state index in [0.29, 0.717) is 32.5 Å². The predicted molar refractivity (Wildman–Crippen MR) is 104 cm³/mol.